The van der Waals surface area contributed by atoms with Crippen LogP contribution in [-0.4, -0.2) is 18.0 Å². The summed E-state index contributed by atoms with van der Waals surface area (Å²) in [6.45, 7) is 1.61. The summed E-state index contributed by atoms with van der Waals surface area (Å²) < 4.78 is 0. The Morgan fingerprint density at radius 3 is 2.42 bits per heavy atom. The highest BCUT2D eigenvalue weighted by atomic mass is 32.1. The Kier molecular flexibility index (Phi) is 6.05. The van der Waals surface area contributed by atoms with Gasteiger partial charge in [0.1, 0.15) is 0 Å². The molecule has 2 N–H and O–H groups in total. The lowest BCUT2D eigenvalue weighted by Gasteiger charge is -2.32. The zero-order valence-corrected chi connectivity index (χ0v) is 15.0. The van der Waals surface area contributed by atoms with Gasteiger partial charge in [0.2, 0.25) is 5.91 Å². The second-order valence-electron chi connectivity index (χ2n) is 6.67. The molecule has 1 aliphatic carbocycles. The number of hydrogen-bond donors (Lipinski definition) is 2. The average molecular weight is 343 g/mol. The fourth-order valence-corrected chi connectivity index (χ4v) is 4.34. The summed E-state index contributed by atoms with van der Waals surface area (Å²) in [4.78, 5) is 12.6. The predicted octanol–water partition coefficient (Wildman–Crippen LogP) is 4.07. The SMILES string of the molecule is CC(=O)NC1CCC(N[C@H](Cc2ccccc2)c2cccs2)CC1. The molecule has 2 aromatic rings. The van der Waals surface area contributed by atoms with E-state index in [-0.39, 0.29) is 5.91 Å². The minimum absolute atomic E-state index is 0.0898. The molecule has 0 saturated heterocycles. The average Bonchev–Trinajstić information content (AvgIpc) is 3.11. The number of rotatable bonds is 6. The molecular weight excluding hydrogens is 316 g/mol. The lowest BCUT2D eigenvalue weighted by Crippen LogP contribution is -2.42. The normalized spacial score (nSPS) is 22.0. The highest BCUT2D eigenvalue weighted by molar-refractivity contribution is 7.10. The molecule has 4 heteroatoms. The topological polar surface area (TPSA) is 41.1 Å². The van der Waals surface area contributed by atoms with Gasteiger partial charge in [0.25, 0.3) is 0 Å². The molecule has 1 amide bonds. The number of thiophene rings is 1. The Labute approximate surface area is 148 Å². The summed E-state index contributed by atoms with van der Waals surface area (Å²) >= 11 is 1.83. The number of hydrogen-bond acceptors (Lipinski definition) is 3. The first-order valence-electron chi connectivity index (χ1n) is 8.81. The van der Waals surface area contributed by atoms with E-state index in [0.29, 0.717) is 18.1 Å². The van der Waals surface area contributed by atoms with Gasteiger partial charge in [-0.1, -0.05) is 36.4 Å². The van der Waals surface area contributed by atoms with Crippen molar-refractivity contribution in [2.75, 3.05) is 0 Å². The molecular formula is C20H26N2OS. The van der Waals surface area contributed by atoms with Crippen molar-refractivity contribution in [1.29, 1.82) is 0 Å². The first-order valence-corrected chi connectivity index (χ1v) is 9.69. The fourth-order valence-electron chi connectivity index (χ4n) is 3.56. The Morgan fingerprint density at radius 1 is 1.08 bits per heavy atom. The minimum Gasteiger partial charge on any atom is -0.354 e. The summed E-state index contributed by atoms with van der Waals surface area (Å²) in [5, 5.41) is 9.09. The summed E-state index contributed by atoms with van der Waals surface area (Å²) in [6.07, 6.45) is 5.41. The second-order valence-corrected chi connectivity index (χ2v) is 7.65. The lowest BCUT2D eigenvalue weighted by atomic mass is 9.90. The van der Waals surface area contributed by atoms with E-state index in [2.05, 4.69) is 58.5 Å². The molecule has 0 spiro atoms. The van der Waals surface area contributed by atoms with Crippen molar-refractivity contribution in [3.63, 3.8) is 0 Å². The molecule has 1 fully saturated rings. The van der Waals surface area contributed by atoms with E-state index >= 15 is 0 Å². The van der Waals surface area contributed by atoms with Gasteiger partial charge >= 0.3 is 0 Å². The number of carbonyl (C=O) groups is 1. The zero-order chi connectivity index (χ0) is 16.8. The van der Waals surface area contributed by atoms with Gasteiger partial charge in [0.15, 0.2) is 0 Å². The van der Waals surface area contributed by atoms with Crippen molar-refractivity contribution in [3.8, 4) is 0 Å². The maximum Gasteiger partial charge on any atom is 0.217 e. The highest BCUT2D eigenvalue weighted by Crippen LogP contribution is 2.27. The van der Waals surface area contributed by atoms with E-state index in [1.54, 1.807) is 6.92 Å². The molecule has 1 aliphatic rings. The van der Waals surface area contributed by atoms with Crippen LogP contribution in [0, 0.1) is 0 Å². The van der Waals surface area contributed by atoms with Gasteiger partial charge in [0.05, 0.1) is 0 Å². The van der Waals surface area contributed by atoms with Gasteiger partial charge in [-0.15, -0.1) is 11.3 Å². The molecule has 1 heterocycles. The van der Waals surface area contributed by atoms with Crippen molar-refractivity contribution in [1.82, 2.24) is 10.6 Å². The third-order valence-electron chi connectivity index (χ3n) is 4.74. The van der Waals surface area contributed by atoms with Gasteiger partial charge in [-0.05, 0) is 49.1 Å². The van der Waals surface area contributed by atoms with E-state index in [4.69, 9.17) is 0 Å². The summed E-state index contributed by atoms with van der Waals surface area (Å²) in [7, 11) is 0. The third kappa shape index (κ3) is 4.92. The highest BCUT2D eigenvalue weighted by Gasteiger charge is 2.24. The molecule has 3 rings (SSSR count). The summed E-state index contributed by atoms with van der Waals surface area (Å²) in [6, 6.07) is 16.3. The molecule has 1 aromatic carbocycles. The minimum atomic E-state index is 0.0898. The van der Waals surface area contributed by atoms with Crippen LogP contribution >= 0.6 is 11.3 Å². The quantitative estimate of drug-likeness (QED) is 0.831. The van der Waals surface area contributed by atoms with Crippen LogP contribution in [0.2, 0.25) is 0 Å². The molecule has 1 atom stereocenters. The molecule has 1 aromatic heterocycles. The molecule has 0 aliphatic heterocycles. The monoisotopic (exact) mass is 342 g/mol. The van der Waals surface area contributed by atoms with Gasteiger partial charge in [-0.25, -0.2) is 0 Å². The molecule has 1 saturated carbocycles. The molecule has 128 valence electrons. The lowest BCUT2D eigenvalue weighted by molar-refractivity contribution is -0.119. The largest absolute Gasteiger partial charge is 0.354 e. The smallest absolute Gasteiger partial charge is 0.217 e. The summed E-state index contributed by atoms with van der Waals surface area (Å²) in [5.74, 6) is 0.0898. The molecule has 0 bridgehead atoms. The first-order chi connectivity index (χ1) is 11.7. The standard InChI is InChI=1S/C20H26N2OS/c1-15(23)21-17-9-11-18(12-10-17)22-19(20-8-5-13-24-20)14-16-6-3-2-4-7-16/h2-8,13,17-19,22H,9-12,14H2,1H3,(H,21,23)/t17?,18?,19-/m1/s1. The molecule has 24 heavy (non-hydrogen) atoms. The van der Waals surface area contributed by atoms with Crippen LogP contribution < -0.4 is 10.6 Å². The van der Waals surface area contributed by atoms with E-state index in [1.807, 2.05) is 11.3 Å². The van der Waals surface area contributed by atoms with Gasteiger partial charge in [-0.2, -0.15) is 0 Å². The zero-order valence-electron chi connectivity index (χ0n) is 14.2. The summed E-state index contributed by atoms with van der Waals surface area (Å²) in [5.41, 5.74) is 1.37. The molecule has 0 radical (unpaired) electrons. The van der Waals surface area contributed by atoms with Crippen LogP contribution in [0.3, 0.4) is 0 Å². The van der Waals surface area contributed by atoms with E-state index in [9.17, 15) is 4.79 Å². The van der Waals surface area contributed by atoms with Crippen molar-refractivity contribution in [2.45, 2.75) is 57.2 Å². The van der Waals surface area contributed by atoms with Crippen LogP contribution in [0.5, 0.6) is 0 Å². The maximum absolute atomic E-state index is 11.2. The van der Waals surface area contributed by atoms with Gasteiger partial charge < -0.3 is 10.6 Å². The predicted molar refractivity (Wildman–Crippen MR) is 100 cm³/mol. The van der Waals surface area contributed by atoms with Crippen LogP contribution in [0.25, 0.3) is 0 Å². The second kappa shape index (κ2) is 8.45. The Balaban J connectivity index is 1.60. The fraction of sp³-hybridized carbons (Fsp3) is 0.450. The van der Waals surface area contributed by atoms with Crippen molar-refractivity contribution in [2.24, 2.45) is 0 Å². The van der Waals surface area contributed by atoms with E-state index < -0.39 is 0 Å². The van der Waals surface area contributed by atoms with Gasteiger partial charge in [-0.3, -0.25) is 4.79 Å². The van der Waals surface area contributed by atoms with Crippen LogP contribution in [0.15, 0.2) is 47.8 Å². The van der Waals surface area contributed by atoms with Crippen molar-refractivity contribution < 1.29 is 4.79 Å². The van der Waals surface area contributed by atoms with Crippen LogP contribution in [0.4, 0.5) is 0 Å². The Bertz CT molecular complexity index is 618. The number of nitrogens with one attached hydrogen (secondary N) is 2. The van der Waals surface area contributed by atoms with Gasteiger partial charge in [0, 0.05) is 29.9 Å². The van der Waals surface area contributed by atoms with Crippen molar-refractivity contribution >= 4 is 17.2 Å². The number of benzene rings is 1. The van der Waals surface area contributed by atoms with E-state index in [0.717, 1.165) is 32.1 Å². The number of carbonyl (C=O) groups excluding carboxylic acids is 1. The Hall–Kier alpha value is -1.65. The number of amides is 1. The first kappa shape index (κ1) is 17.2. The van der Waals surface area contributed by atoms with Crippen LogP contribution in [0.1, 0.15) is 49.1 Å². The molecule has 0 unspecified atom stereocenters. The van der Waals surface area contributed by atoms with Crippen LogP contribution in [-0.2, 0) is 11.2 Å². The molecule has 3 nitrogen and oxygen atoms in total. The third-order valence-corrected chi connectivity index (χ3v) is 5.73. The van der Waals surface area contributed by atoms with E-state index in [1.165, 1.54) is 10.4 Å². The van der Waals surface area contributed by atoms with Crippen molar-refractivity contribution in [3.05, 3.63) is 58.3 Å². The maximum atomic E-state index is 11.2. The Morgan fingerprint density at radius 2 is 1.79 bits per heavy atom.